The molecule has 126 valence electrons. The molecule has 1 aromatic rings. The number of ether oxygens (including phenoxy) is 1. The van der Waals surface area contributed by atoms with Crippen molar-refractivity contribution in [2.45, 2.75) is 32.4 Å². The molecule has 0 bridgehead atoms. The van der Waals surface area contributed by atoms with Crippen molar-refractivity contribution in [3.05, 3.63) is 35.9 Å². The molecule has 0 aromatic heterocycles. The van der Waals surface area contributed by atoms with Crippen LogP contribution in [0.1, 0.15) is 25.3 Å². The Morgan fingerprint density at radius 2 is 2.09 bits per heavy atom. The minimum absolute atomic E-state index is 0.00499. The van der Waals surface area contributed by atoms with Crippen molar-refractivity contribution in [3.63, 3.8) is 0 Å². The van der Waals surface area contributed by atoms with E-state index in [0.717, 1.165) is 18.4 Å². The van der Waals surface area contributed by atoms with E-state index in [2.05, 4.69) is 0 Å². The maximum atomic E-state index is 12.3. The number of carbonyl (C=O) groups is 2. The van der Waals surface area contributed by atoms with Gasteiger partial charge in [0.25, 0.3) is 0 Å². The van der Waals surface area contributed by atoms with Crippen LogP contribution in [0.25, 0.3) is 0 Å². The Labute approximate surface area is 142 Å². The maximum Gasteiger partial charge on any atom is 0.410 e. The van der Waals surface area contributed by atoms with Gasteiger partial charge in [-0.2, -0.15) is 0 Å². The average Bonchev–Trinajstić information content (AvgIpc) is 3.06. The molecule has 0 saturated carbocycles. The summed E-state index contributed by atoms with van der Waals surface area (Å²) in [5.41, 5.74) is 0.962. The lowest BCUT2D eigenvalue weighted by molar-refractivity contribution is -0.129. The molecule has 2 amide bonds. The Bertz CT molecular complexity index is 524. The van der Waals surface area contributed by atoms with Gasteiger partial charge in [0.1, 0.15) is 12.5 Å². The fourth-order valence-electron chi connectivity index (χ4n) is 2.81. The third-order valence-electron chi connectivity index (χ3n) is 4.10. The number of carbonyl (C=O) groups excluding carboxylic acids is 2. The monoisotopic (exact) mass is 338 g/mol. The van der Waals surface area contributed by atoms with Gasteiger partial charge in [-0.3, -0.25) is 4.79 Å². The van der Waals surface area contributed by atoms with Crippen molar-refractivity contribution in [3.8, 4) is 0 Å². The summed E-state index contributed by atoms with van der Waals surface area (Å²) in [5, 5.41) is 0. The van der Waals surface area contributed by atoms with Gasteiger partial charge < -0.3 is 14.5 Å². The number of nitrogens with zero attached hydrogens (tertiary/aromatic N) is 2. The predicted molar refractivity (Wildman–Crippen MR) is 89.3 cm³/mol. The zero-order chi connectivity index (χ0) is 16.7. The molecule has 0 aliphatic carbocycles. The Hall–Kier alpha value is -1.75. The van der Waals surface area contributed by atoms with Gasteiger partial charge in [0.05, 0.1) is 6.04 Å². The van der Waals surface area contributed by atoms with Crippen molar-refractivity contribution in [2.75, 3.05) is 25.5 Å². The summed E-state index contributed by atoms with van der Waals surface area (Å²) in [6.45, 7) is 3.96. The molecule has 1 unspecified atom stereocenters. The van der Waals surface area contributed by atoms with Crippen LogP contribution in [0, 0.1) is 0 Å². The Morgan fingerprint density at radius 3 is 2.74 bits per heavy atom. The molecule has 1 atom stereocenters. The number of benzene rings is 1. The third kappa shape index (κ3) is 4.86. The number of amides is 2. The SMILES string of the molecule is CCN(CC1CCCN1C(=O)OCc1ccccc1)C(=O)CCl. The lowest BCUT2D eigenvalue weighted by Gasteiger charge is -2.29. The van der Waals surface area contributed by atoms with E-state index >= 15 is 0 Å². The van der Waals surface area contributed by atoms with Gasteiger partial charge >= 0.3 is 6.09 Å². The van der Waals surface area contributed by atoms with Gasteiger partial charge in [0, 0.05) is 19.6 Å². The molecular weight excluding hydrogens is 316 g/mol. The van der Waals surface area contributed by atoms with E-state index < -0.39 is 0 Å². The van der Waals surface area contributed by atoms with Crippen molar-refractivity contribution in [1.29, 1.82) is 0 Å². The summed E-state index contributed by atoms with van der Waals surface area (Å²) in [4.78, 5) is 27.5. The van der Waals surface area contributed by atoms with Crippen LogP contribution in [0.4, 0.5) is 4.79 Å². The molecule has 23 heavy (non-hydrogen) atoms. The van der Waals surface area contributed by atoms with Gasteiger partial charge in [-0.25, -0.2) is 4.79 Å². The summed E-state index contributed by atoms with van der Waals surface area (Å²) < 4.78 is 5.40. The Kier molecular flexibility index (Phi) is 6.71. The minimum Gasteiger partial charge on any atom is -0.445 e. The fourth-order valence-corrected chi connectivity index (χ4v) is 2.98. The van der Waals surface area contributed by atoms with Crippen molar-refractivity contribution in [1.82, 2.24) is 9.80 Å². The number of hydrogen-bond acceptors (Lipinski definition) is 3. The van der Waals surface area contributed by atoms with Crippen molar-refractivity contribution >= 4 is 23.6 Å². The molecule has 1 aliphatic rings. The first-order valence-corrected chi connectivity index (χ1v) is 8.50. The third-order valence-corrected chi connectivity index (χ3v) is 4.33. The Morgan fingerprint density at radius 1 is 1.35 bits per heavy atom. The van der Waals surface area contributed by atoms with Gasteiger partial charge in [-0.05, 0) is 25.3 Å². The molecule has 0 spiro atoms. The summed E-state index contributed by atoms with van der Waals surface area (Å²) in [6.07, 6.45) is 1.50. The van der Waals surface area contributed by atoms with Gasteiger partial charge in [-0.1, -0.05) is 30.3 Å². The summed E-state index contributed by atoms with van der Waals surface area (Å²) in [6, 6.07) is 9.61. The second kappa shape index (κ2) is 8.77. The molecular formula is C17H23ClN2O3. The number of halogens is 1. The number of alkyl halides is 1. The topological polar surface area (TPSA) is 49.9 Å². The van der Waals surface area contributed by atoms with Crippen LogP contribution in [-0.2, 0) is 16.1 Å². The normalized spacial score (nSPS) is 17.1. The molecule has 1 heterocycles. The van der Waals surface area contributed by atoms with E-state index in [9.17, 15) is 9.59 Å². The minimum atomic E-state index is -0.314. The molecule has 1 saturated heterocycles. The molecule has 1 aliphatic heterocycles. The quantitative estimate of drug-likeness (QED) is 0.749. The predicted octanol–water partition coefficient (Wildman–Crippen LogP) is 2.87. The van der Waals surface area contributed by atoms with Crippen LogP contribution in [0.5, 0.6) is 0 Å². The molecule has 2 rings (SSSR count). The molecule has 1 aromatic carbocycles. The van der Waals surface area contributed by atoms with Crippen LogP contribution < -0.4 is 0 Å². The highest BCUT2D eigenvalue weighted by molar-refractivity contribution is 6.27. The standard InChI is InChI=1S/C17H23ClN2O3/c1-2-19(16(21)11-18)12-15-9-6-10-20(15)17(22)23-13-14-7-4-3-5-8-14/h3-5,7-8,15H,2,6,9-13H2,1H3. The van der Waals surface area contributed by atoms with E-state index in [-0.39, 0.29) is 30.5 Å². The molecule has 1 fully saturated rings. The first-order chi connectivity index (χ1) is 11.2. The smallest absolute Gasteiger partial charge is 0.410 e. The van der Waals surface area contributed by atoms with Gasteiger partial charge in [0.2, 0.25) is 5.91 Å². The van der Waals surface area contributed by atoms with E-state index in [1.807, 2.05) is 37.3 Å². The van der Waals surface area contributed by atoms with E-state index in [4.69, 9.17) is 16.3 Å². The Balaban J connectivity index is 1.89. The zero-order valence-electron chi connectivity index (χ0n) is 13.4. The van der Waals surface area contributed by atoms with Crippen LogP contribution in [0.15, 0.2) is 30.3 Å². The lowest BCUT2D eigenvalue weighted by Crippen LogP contribution is -2.45. The second-order valence-electron chi connectivity index (χ2n) is 5.60. The van der Waals surface area contributed by atoms with E-state index in [1.54, 1.807) is 9.80 Å². The molecule has 5 nitrogen and oxygen atoms in total. The fraction of sp³-hybridized carbons (Fsp3) is 0.529. The first kappa shape index (κ1) is 17.6. The molecule has 6 heteroatoms. The zero-order valence-corrected chi connectivity index (χ0v) is 14.2. The highest BCUT2D eigenvalue weighted by Crippen LogP contribution is 2.20. The van der Waals surface area contributed by atoms with Gasteiger partial charge in [-0.15, -0.1) is 11.6 Å². The van der Waals surface area contributed by atoms with Crippen LogP contribution >= 0.6 is 11.6 Å². The van der Waals surface area contributed by atoms with Crippen molar-refractivity contribution in [2.24, 2.45) is 0 Å². The molecule has 0 N–H and O–H groups in total. The second-order valence-corrected chi connectivity index (χ2v) is 5.86. The van der Waals surface area contributed by atoms with Crippen molar-refractivity contribution < 1.29 is 14.3 Å². The number of hydrogen-bond donors (Lipinski definition) is 0. The van der Waals surface area contributed by atoms with Gasteiger partial charge in [0.15, 0.2) is 0 Å². The van der Waals surface area contributed by atoms with Crippen LogP contribution in [-0.4, -0.2) is 53.4 Å². The largest absolute Gasteiger partial charge is 0.445 e. The lowest BCUT2D eigenvalue weighted by atomic mass is 10.2. The average molecular weight is 339 g/mol. The maximum absolute atomic E-state index is 12.3. The molecule has 0 radical (unpaired) electrons. The summed E-state index contributed by atoms with van der Waals surface area (Å²) >= 11 is 5.63. The highest BCUT2D eigenvalue weighted by Gasteiger charge is 2.31. The number of likely N-dealkylation sites (N-methyl/N-ethyl adjacent to an activating group) is 1. The van der Waals surface area contributed by atoms with Crippen LogP contribution in [0.2, 0.25) is 0 Å². The van der Waals surface area contributed by atoms with E-state index in [1.165, 1.54) is 0 Å². The first-order valence-electron chi connectivity index (χ1n) is 7.96. The highest BCUT2D eigenvalue weighted by atomic mass is 35.5. The number of likely N-dealkylation sites (tertiary alicyclic amines) is 1. The van der Waals surface area contributed by atoms with E-state index in [0.29, 0.717) is 19.6 Å². The summed E-state index contributed by atoms with van der Waals surface area (Å²) in [7, 11) is 0. The van der Waals surface area contributed by atoms with Crippen LogP contribution in [0.3, 0.4) is 0 Å². The number of rotatable bonds is 6. The summed E-state index contributed by atoms with van der Waals surface area (Å²) in [5.74, 6) is -0.127.